The van der Waals surface area contributed by atoms with E-state index in [1.165, 1.54) is 0 Å². The van der Waals surface area contributed by atoms with Crippen molar-refractivity contribution in [1.29, 1.82) is 5.26 Å². The molecular weight excluding hydrogens is 468 g/mol. The molecule has 0 radical (unpaired) electrons. The molecule has 4 aromatic rings. The fourth-order valence-electron chi connectivity index (χ4n) is 4.30. The molecule has 1 fully saturated rings. The number of carbonyl (C=O) groups is 1. The van der Waals surface area contributed by atoms with Crippen molar-refractivity contribution in [3.8, 4) is 11.8 Å². The molecule has 0 spiro atoms. The van der Waals surface area contributed by atoms with E-state index in [4.69, 9.17) is 10.00 Å². The first-order valence-electron chi connectivity index (χ1n) is 12.1. The van der Waals surface area contributed by atoms with E-state index < -0.39 is 0 Å². The van der Waals surface area contributed by atoms with Gasteiger partial charge in [-0.25, -0.2) is 9.78 Å². The minimum atomic E-state index is -0.282. The second kappa shape index (κ2) is 10.8. The molecule has 37 heavy (non-hydrogen) atoms. The number of ether oxygens (including phenoxy) is 1. The van der Waals surface area contributed by atoms with Crippen molar-refractivity contribution in [2.45, 2.75) is 13.2 Å². The maximum absolute atomic E-state index is 12.8. The van der Waals surface area contributed by atoms with Crippen LogP contribution < -0.4 is 20.5 Å². The normalized spacial score (nSPS) is 13.3. The minimum absolute atomic E-state index is 0.0901. The number of carbonyl (C=O) groups excluding carboxylic acids is 1. The van der Waals surface area contributed by atoms with Crippen LogP contribution in [-0.4, -0.2) is 47.1 Å². The lowest BCUT2D eigenvalue weighted by Crippen LogP contribution is -2.51. The summed E-state index contributed by atoms with van der Waals surface area (Å²) in [6.45, 7) is 2.94. The van der Waals surface area contributed by atoms with E-state index in [-0.39, 0.29) is 18.1 Å². The molecule has 0 bridgehead atoms. The highest BCUT2D eigenvalue weighted by Gasteiger charge is 2.21. The second-order valence-electron chi connectivity index (χ2n) is 8.73. The van der Waals surface area contributed by atoms with Gasteiger partial charge in [-0.15, -0.1) is 0 Å². The van der Waals surface area contributed by atoms with Gasteiger partial charge in [0.15, 0.2) is 0 Å². The van der Waals surface area contributed by atoms with Crippen LogP contribution in [-0.2, 0) is 13.2 Å². The summed E-state index contributed by atoms with van der Waals surface area (Å²) in [5.74, 6) is 0.872. The Morgan fingerprint density at radius 2 is 1.76 bits per heavy atom. The molecule has 2 heterocycles. The Hall–Kier alpha value is -4.84. The number of fused-ring (bicyclic) bond motifs is 1. The number of urea groups is 1. The van der Waals surface area contributed by atoms with Gasteiger partial charge < -0.3 is 24.8 Å². The third-order valence-corrected chi connectivity index (χ3v) is 6.32. The average Bonchev–Trinajstić information content (AvgIpc) is 2.95. The van der Waals surface area contributed by atoms with Crippen LogP contribution in [0, 0.1) is 11.3 Å². The Kier molecular flexibility index (Phi) is 6.99. The number of nitrogens with one attached hydrogen (secondary N) is 2. The molecule has 1 aliphatic rings. The van der Waals surface area contributed by atoms with Crippen LogP contribution in [0.1, 0.15) is 17.0 Å². The van der Waals surface area contributed by atoms with Crippen molar-refractivity contribution in [2.75, 3.05) is 31.1 Å². The number of H-pyrrole nitrogens is 1. The number of aromatic nitrogens is 2. The fourth-order valence-corrected chi connectivity index (χ4v) is 4.30. The van der Waals surface area contributed by atoms with Crippen LogP contribution in [0.5, 0.6) is 5.75 Å². The van der Waals surface area contributed by atoms with Crippen LogP contribution in [0.3, 0.4) is 0 Å². The predicted molar refractivity (Wildman–Crippen MR) is 140 cm³/mol. The summed E-state index contributed by atoms with van der Waals surface area (Å²) >= 11 is 0. The van der Waals surface area contributed by atoms with Gasteiger partial charge in [0.2, 0.25) is 0 Å². The van der Waals surface area contributed by atoms with E-state index in [0.717, 1.165) is 11.3 Å². The van der Waals surface area contributed by atoms with Crippen LogP contribution in [0.2, 0.25) is 0 Å². The molecule has 5 rings (SSSR count). The van der Waals surface area contributed by atoms with Gasteiger partial charge in [0, 0.05) is 31.9 Å². The van der Waals surface area contributed by atoms with Gasteiger partial charge in [-0.1, -0.05) is 36.4 Å². The van der Waals surface area contributed by atoms with Gasteiger partial charge in [0.05, 0.1) is 23.6 Å². The summed E-state index contributed by atoms with van der Waals surface area (Å²) in [6.07, 6.45) is 0. The highest BCUT2D eigenvalue weighted by atomic mass is 16.5. The van der Waals surface area contributed by atoms with Crippen molar-refractivity contribution in [3.63, 3.8) is 0 Å². The first kappa shape index (κ1) is 23.9. The molecule has 9 heteroatoms. The molecule has 2 amide bonds. The quantitative estimate of drug-likeness (QED) is 0.425. The molecule has 2 N–H and O–H groups in total. The summed E-state index contributed by atoms with van der Waals surface area (Å²) in [5.41, 5.74) is 2.84. The molecule has 3 aromatic carbocycles. The Labute approximate surface area is 213 Å². The van der Waals surface area contributed by atoms with Crippen molar-refractivity contribution in [3.05, 3.63) is 100 Å². The van der Waals surface area contributed by atoms with Gasteiger partial charge in [-0.2, -0.15) is 5.26 Å². The lowest BCUT2D eigenvalue weighted by atomic mass is 10.2. The van der Waals surface area contributed by atoms with Crippen LogP contribution in [0.15, 0.2) is 77.6 Å². The molecule has 0 atom stereocenters. The number of aromatic amines is 1. The van der Waals surface area contributed by atoms with Crippen molar-refractivity contribution in [2.24, 2.45) is 0 Å². The first-order chi connectivity index (χ1) is 18.1. The lowest BCUT2D eigenvalue weighted by molar-refractivity contribution is 0.193. The van der Waals surface area contributed by atoms with E-state index in [1.54, 1.807) is 35.2 Å². The van der Waals surface area contributed by atoms with E-state index in [0.29, 0.717) is 60.8 Å². The number of amides is 2. The number of anilines is 1. The summed E-state index contributed by atoms with van der Waals surface area (Å²) in [4.78, 5) is 36.8. The molecular formula is C28H26N6O3. The smallest absolute Gasteiger partial charge is 0.317 e. The predicted octanol–water partition coefficient (Wildman–Crippen LogP) is 3.41. The molecule has 1 saturated heterocycles. The molecule has 1 aliphatic heterocycles. The number of benzene rings is 3. The van der Waals surface area contributed by atoms with Gasteiger partial charge >= 0.3 is 6.03 Å². The van der Waals surface area contributed by atoms with Crippen LogP contribution in [0.4, 0.5) is 10.5 Å². The summed E-state index contributed by atoms with van der Waals surface area (Å²) < 4.78 is 5.96. The molecule has 186 valence electrons. The number of hydrogen-bond donors (Lipinski definition) is 2. The zero-order chi connectivity index (χ0) is 25.6. The maximum Gasteiger partial charge on any atom is 0.317 e. The standard InChI is InChI=1S/C28H26N6O3/c29-17-20-9-11-22(12-10-20)33-13-15-34(16-14-33)28(36)30-18-25-31-26-23(27(35)32-25)7-4-8-24(26)37-19-21-5-2-1-3-6-21/h1-12H,13-16,18-19H2,(H,30,36)(H,31,32,35). The SMILES string of the molecule is N#Cc1ccc(N2CCN(C(=O)NCc3nc4c(OCc5ccccc5)cccc4c(=O)[nH]3)CC2)cc1. The monoisotopic (exact) mass is 494 g/mol. The van der Waals surface area contributed by atoms with Gasteiger partial charge in [0.25, 0.3) is 5.56 Å². The number of para-hydroxylation sites is 1. The highest BCUT2D eigenvalue weighted by Crippen LogP contribution is 2.22. The highest BCUT2D eigenvalue weighted by molar-refractivity contribution is 5.83. The molecule has 9 nitrogen and oxygen atoms in total. The Balaban J connectivity index is 1.21. The summed E-state index contributed by atoms with van der Waals surface area (Å²) in [6, 6.07) is 24.4. The Morgan fingerprint density at radius 3 is 2.49 bits per heavy atom. The van der Waals surface area contributed by atoms with E-state index in [2.05, 4.69) is 26.3 Å². The third-order valence-electron chi connectivity index (χ3n) is 6.32. The van der Waals surface area contributed by atoms with Gasteiger partial charge in [-0.05, 0) is 42.0 Å². The number of hydrogen-bond acceptors (Lipinski definition) is 6. The number of piperazine rings is 1. The van der Waals surface area contributed by atoms with Crippen LogP contribution in [0.25, 0.3) is 10.9 Å². The molecule has 0 aliphatic carbocycles. The van der Waals surface area contributed by atoms with Gasteiger partial charge in [-0.3, -0.25) is 4.79 Å². The lowest BCUT2D eigenvalue weighted by Gasteiger charge is -2.36. The Morgan fingerprint density at radius 1 is 1.00 bits per heavy atom. The van der Waals surface area contributed by atoms with E-state index in [1.807, 2.05) is 42.5 Å². The fraction of sp³-hybridized carbons (Fsp3) is 0.214. The summed E-state index contributed by atoms with van der Waals surface area (Å²) in [7, 11) is 0. The zero-order valence-corrected chi connectivity index (χ0v) is 20.2. The number of nitriles is 1. The molecule has 0 unspecified atom stereocenters. The second-order valence-corrected chi connectivity index (χ2v) is 8.73. The number of rotatable bonds is 6. The zero-order valence-electron chi connectivity index (χ0n) is 20.2. The summed E-state index contributed by atoms with van der Waals surface area (Å²) in [5, 5.41) is 12.3. The molecule has 0 saturated carbocycles. The largest absolute Gasteiger partial charge is 0.487 e. The van der Waals surface area contributed by atoms with Crippen molar-refractivity contribution in [1.82, 2.24) is 20.2 Å². The van der Waals surface area contributed by atoms with Crippen LogP contribution >= 0.6 is 0 Å². The first-order valence-corrected chi connectivity index (χ1v) is 12.1. The molecule has 1 aromatic heterocycles. The van der Waals surface area contributed by atoms with E-state index >= 15 is 0 Å². The Bertz CT molecular complexity index is 1490. The topological polar surface area (TPSA) is 114 Å². The maximum atomic E-state index is 12.8. The third kappa shape index (κ3) is 5.54. The van der Waals surface area contributed by atoms with Crippen molar-refractivity contribution < 1.29 is 9.53 Å². The average molecular weight is 495 g/mol. The van der Waals surface area contributed by atoms with Crippen molar-refractivity contribution >= 4 is 22.6 Å². The number of nitrogens with zero attached hydrogens (tertiary/aromatic N) is 4. The van der Waals surface area contributed by atoms with Gasteiger partial charge in [0.1, 0.15) is 23.7 Å². The minimum Gasteiger partial charge on any atom is -0.487 e. The van der Waals surface area contributed by atoms with E-state index in [9.17, 15) is 9.59 Å².